The maximum absolute atomic E-state index is 13.1. The number of aromatic amines is 1. The van der Waals surface area contributed by atoms with Crippen LogP contribution in [0.15, 0.2) is 53.9 Å². The number of H-pyrrole nitrogens is 1. The molecule has 4 aromatic rings. The van der Waals surface area contributed by atoms with E-state index in [1.807, 2.05) is 29.6 Å². The van der Waals surface area contributed by atoms with Crippen molar-refractivity contribution >= 4 is 50.5 Å². The van der Waals surface area contributed by atoms with Crippen LogP contribution < -0.4 is 10.6 Å². The first kappa shape index (κ1) is 19.0. The molecule has 6 nitrogen and oxygen atoms in total. The predicted octanol–water partition coefficient (Wildman–Crippen LogP) is 5.14. The first-order valence-electron chi connectivity index (χ1n) is 9.85. The second kappa shape index (κ2) is 7.70. The first-order valence-corrected chi connectivity index (χ1v) is 11.6. The van der Waals surface area contributed by atoms with Crippen molar-refractivity contribution in [3.05, 3.63) is 69.2 Å². The molecule has 5 rings (SSSR count). The zero-order valence-electron chi connectivity index (χ0n) is 16.1. The van der Waals surface area contributed by atoms with E-state index in [0.29, 0.717) is 15.6 Å². The van der Waals surface area contributed by atoms with Gasteiger partial charge in [-0.2, -0.15) is 5.10 Å². The topological polar surface area (TPSA) is 86.9 Å². The van der Waals surface area contributed by atoms with Gasteiger partial charge in [0.05, 0.1) is 20.7 Å². The number of fused-ring (bicyclic) bond motifs is 1. The Balaban J connectivity index is 1.39. The van der Waals surface area contributed by atoms with E-state index in [4.69, 9.17) is 0 Å². The van der Waals surface area contributed by atoms with Gasteiger partial charge in [0, 0.05) is 0 Å². The number of rotatable bonds is 5. The summed E-state index contributed by atoms with van der Waals surface area (Å²) < 4.78 is 0. The Morgan fingerprint density at radius 3 is 2.53 bits per heavy atom. The van der Waals surface area contributed by atoms with E-state index in [0.717, 1.165) is 41.5 Å². The number of hydrogen-bond acceptors (Lipinski definition) is 5. The second-order valence-corrected chi connectivity index (χ2v) is 9.47. The Morgan fingerprint density at radius 1 is 1.00 bits per heavy atom. The summed E-state index contributed by atoms with van der Waals surface area (Å²) in [6.45, 7) is 0. The molecule has 1 aliphatic carbocycles. The van der Waals surface area contributed by atoms with Gasteiger partial charge in [0.15, 0.2) is 5.82 Å². The third-order valence-electron chi connectivity index (χ3n) is 5.59. The van der Waals surface area contributed by atoms with Crippen LogP contribution in [0.4, 0.5) is 5.82 Å². The third-order valence-corrected chi connectivity index (χ3v) is 7.50. The maximum atomic E-state index is 13.1. The molecule has 8 heteroatoms. The lowest BCUT2D eigenvalue weighted by Crippen LogP contribution is -2.43. The van der Waals surface area contributed by atoms with E-state index in [2.05, 4.69) is 33.0 Å². The van der Waals surface area contributed by atoms with Crippen LogP contribution in [0.2, 0.25) is 0 Å². The average molecular weight is 437 g/mol. The number of benzene rings is 1. The van der Waals surface area contributed by atoms with Gasteiger partial charge in [-0.25, -0.2) is 0 Å². The molecular weight excluding hydrogens is 416 g/mol. The molecule has 3 aromatic heterocycles. The lowest BCUT2D eigenvalue weighted by Gasteiger charge is -2.31. The molecular formula is C22H20N4O2S2. The Kier molecular flexibility index (Phi) is 4.88. The molecule has 0 radical (unpaired) electrons. The van der Waals surface area contributed by atoms with Crippen molar-refractivity contribution in [1.82, 2.24) is 15.5 Å². The first-order chi connectivity index (χ1) is 14.6. The van der Waals surface area contributed by atoms with E-state index < -0.39 is 0 Å². The molecule has 3 heterocycles. The van der Waals surface area contributed by atoms with Crippen LogP contribution in [-0.2, 0) is 5.54 Å². The fourth-order valence-electron chi connectivity index (χ4n) is 4.10. The third kappa shape index (κ3) is 3.42. The van der Waals surface area contributed by atoms with Crippen LogP contribution in [0, 0.1) is 0 Å². The Bertz CT molecular complexity index is 1190. The van der Waals surface area contributed by atoms with Crippen LogP contribution in [0.1, 0.15) is 50.6 Å². The minimum Gasteiger partial charge on any atom is -0.342 e. The minimum atomic E-state index is -0.315. The molecule has 1 aliphatic rings. The van der Waals surface area contributed by atoms with Crippen LogP contribution >= 0.6 is 22.7 Å². The highest BCUT2D eigenvalue weighted by atomic mass is 32.1. The molecule has 0 bridgehead atoms. The SMILES string of the molecule is O=C(Nc1n[nH]c2sc(C(=O)NC3(c4ccccc4)CCCC3)cc12)c1cccs1. The van der Waals surface area contributed by atoms with E-state index in [-0.39, 0.29) is 17.4 Å². The largest absolute Gasteiger partial charge is 0.342 e. The van der Waals surface area contributed by atoms with E-state index >= 15 is 0 Å². The van der Waals surface area contributed by atoms with Gasteiger partial charge in [0.2, 0.25) is 0 Å². The molecule has 3 N–H and O–H groups in total. The molecule has 0 atom stereocenters. The highest BCUT2D eigenvalue weighted by Gasteiger charge is 2.37. The number of carbonyl (C=O) groups is 2. The quantitative estimate of drug-likeness (QED) is 0.405. The van der Waals surface area contributed by atoms with Crippen molar-refractivity contribution < 1.29 is 9.59 Å². The van der Waals surface area contributed by atoms with Gasteiger partial charge in [-0.3, -0.25) is 14.7 Å². The molecule has 30 heavy (non-hydrogen) atoms. The highest BCUT2D eigenvalue weighted by molar-refractivity contribution is 7.20. The maximum Gasteiger partial charge on any atom is 0.266 e. The molecule has 0 aliphatic heterocycles. The van der Waals surface area contributed by atoms with E-state index in [1.165, 1.54) is 22.7 Å². The molecule has 0 spiro atoms. The van der Waals surface area contributed by atoms with Gasteiger partial charge in [-0.15, -0.1) is 22.7 Å². The summed E-state index contributed by atoms with van der Waals surface area (Å²) in [6.07, 6.45) is 4.08. The van der Waals surface area contributed by atoms with Crippen LogP contribution in [0.3, 0.4) is 0 Å². The number of amides is 2. The van der Waals surface area contributed by atoms with Crippen LogP contribution in [-0.4, -0.2) is 22.0 Å². The Hall–Kier alpha value is -2.97. The van der Waals surface area contributed by atoms with Crippen molar-refractivity contribution in [3.8, 4) is 0 Å². The second-order valence-electron chi connectivity index (χ2n) is 7.47. The summed E-state index contributed by atoms with van der Waals surface area (Å²) in [5.74, 6) is 0.146. The summed E-state index contributed by atoms with van der Waals surface area (Å²) in [7, 11) is 0. The number of anilines is 1. The van der Waals surface area contributed by atoms with Gasteiger partial charge in [-0.05, 0) is 35.9 Å². The highest BCUT2D eigenvalue weighted by Crippen LogP contribution is 2.39. The van der Waals surface area contributed by atoms with E-state index in [1.54, 1.807) is 12.1 Å². The fraction of sp³-hybridized carbons (Fsp3) is 0.227. The van der Waals surface area contributed by atoms with Gasteiger partial charge >= 0.3 is 0 Å². The van der Waals surface area contributed by atoms with Crippen LogP contribution in [0.25, 0.3) is 10.2 Å². The number of nitrogens with one attached hydrogen (secondary N) is 3. The standard InChI is InChI=1S/C22H20N4O2S2/c27-19(16-9-6-12-29-16)23-18-15-13-17(30-21(15)26-25-18)20(28)24-22(10-4-5-11-22)14-7-2-1-3-8-14/h1-3,6-9,12-13H,4-5,10-11H2,(H,24,28)(H2,23,25,26,27). The molecule has 2 amide bonds. The Morgan fingerprint density at radius 2 is 1.80 bits per heavy atom. The number of hydrogen-bond donors (Lipinski definition) is 3. The summed E-state index contributed by atoms with van der Waals surface area (Å²) in [6, 6.07) is 15.6. The fourth-order valence-corrected chi connectivity index (χ4v) is 5.62. The number of carbonyl (C=O) groups excluding carboxylic acids is 2. The van der Waals surface area contributed by atoms with Crippen LogP contribution in [0.5, 0.6) is 0 Å². The number of nitrogens with zero attached hydrogens (tertiary/aromatic N) is 1. The monoisotopic (exact) mass is 436 g/mol. The summed E-state index contributed by atoms with van der Waals surface area (Å²) in [4.78, 5) is 27.5. The molecule has 1 saturated carbocycles. The van der Waals surface area contributed by atoms with Crippen molar-refractivity contribution in [2.75, 3.05) is 5.32 Å². The predicted molar refractivity (Wildman–Crippen MR) is 120 cm³/mol. The van der Waals surface area contributed by atoms with Gasteiger partial charge < -0.3 is 10.6 Å². The molecule has 152 valence electrons. The Labute approximate surface area is 181 Å². The van der Waals surface area contributed by atoms with Gasteiger partial charge in [-0.1, -0.05) is 49.2 Å². The van der Waals surface area contributed by atoms with Crippen molar-refractivity contribution in [1.29, 1.82) is 0 Å². The number of aromatic nitrogens is 2. The lowest BCUT2D eigenvalue weighted by molar-refractivity contribution is 0.0902. The summed E-state index contributed by atoms with van der Waals surface area (Å²) in [5, 5.41) is 15.9. The smallest absolute Gasteiger partial charge is 0.266 e. The van der Waals surface area contributed by atoms with Crippen molar-refractivity contribution in [3.63, 3.8) is 0 Å². The van der Waals surface area contributed by atoms with Gasteiger partial charge in [0.1, 0.15) is 4.83 Å². The summed E-state index contributed by atoms with van der Waals surface area (Å²) >= 11 is 2.72. The normalized spacial score (nSPS) is 15.3. The zero-order chi connectivity index (χ0) is 20.6. The van der Waals surface area contributed by atoms with Crippen molar-refractivity contribution in [2.24, 2.45) is 0 Å². The van der Waals surface area contributed by atoms with Gasteiger partial charge in [0.25, 0.3) is 11.8 Å². The lowest BCUT2D eigenvalue weighted by atomic mass is 9.88. The molecule has 1 fully saturated rings. The zero-order valence-corrected chi connectivity index (χ0v) is 17.7. The molecule has 1 aromatic carbocycles. The summed E-state index contributed by atoms with van der Waals surface area (Å²) in [5.41, 5.74) is 0.841. The molecule has 0 unspecified atom stereocenters. The number of thiophene rings is 2. The average Bonchev–Trinajstić information content (AvgIpc) is 3.54. The van der Waals surface area contributed by atoms with E-state index in [9.17, 15) is 9.59 Å². The molecule has 0 saturated heterocycles. The minimum absolute atomic E-state index is 0.0918. The van der Waals surface area contributed by atoms with Crippen molar-refractivity contribution in [2.45, 2.75) is 31.2 Å².